The minimum Gasteiger partial charge on any atom is -0.310 e. The van der Waals surface area contributed by atoms with Gasteiger partial charge in [0.05, 0.1) is 11.7 Å². The first-order chi connectivity index (χ1) is 7.70. The Morgan fingerprint density at radius 2 is 2.38 bits per heavy atom. The van der Waals surface area contributed by atoms with Crippen LogP contribution >= 0.6 is 0 Å². The summed E-state index contributed by atoms with van der Waals surface area (Å²) in [6, 6.07) is 2.22. The van der Waals surface area contributed by atoms with Gasteiger partial charge in [0.1, 0.15) is 12.2 Å². The smallest absolute Gasteiger partial charge is 0.141 e. The highest BCUT2D eigenvalue weighted by molar-refractivity contribution is 5.11. The summed E-state index contributed by atoms with van der Waals surface area (Å²) in [4.78, 5) is 4.16. The fraction of sp³-hybridized carbons (Fsp3) is 0.500. The molecule has 1 unspecified atom stereocenters. The number of aromatic amines is 1. The number of likely N-dealkylation sites (N-methyl/N-ethyl adjacent to an activating group) is 1. The first kappa shape index (κ1) is 10.8. The predicted molar refractivity (Wildman–Crippen MR) is 59.8 cm³/mol. The number of H-pyrrole nitrogens is 1. The van der Waals surface area contributed by atoms with Crippen molar-refractivity contribution in [2.45, 2.75) is 19.4 Å². The molecule has 2 rings (SSSR count). The van der Waals surface area contributed by atoms with Gasteiger partial charge < -0.3 is 5.32 Å². The van der Waals surface area contributed by atoms with Gasteiger partial charge in [0.15, 0.2) is 0 Å². The molecule has 2 heterocycles. The maximum Gasteiger partial charge on any atom is 0.141 e. The van der Waals surface area contributed by atoms with E-state index in [-0.39, 0.29) is 6.04 Å². The molecule has 0 saturated heterocycles. The van der Waals surface area contributed by atoms with Gasteiger partial charge in [-0.15, -0.1) is 0 Å². The third-order valence-electron chi connectivity index (χ3n) is 2.62. The molecule has 1 atom stereocenters. The Hall–Kier alpha value is -1.69. The summed E-state index contributed by atoms with van der Waals surface area (Å²) in [7, 11) is 3.87. The molecule has 2 aromatic heterocycles. The minimum absolute atomic E-state index is 0.136. The molecular formula is C10H16N6. The van der Waals surface area contributed by atoms with E-state index in [1.807, 2.05) is 25.7 Å². The van der Waals surface area contributed by atoms with Gasteiger partial charge in [-0.3, -0.25) is 9.78 Å². The van der Waals surface area contributed by atoms with Gasteiger partial charge in [-0.2, -0.15) is 10.2 Å². The van der Waals surface area contributed by atoms with Gasteiger partial charge in [-0.25, -0.2) is 4.98 Å². The molecule has 0 aliphatic rings. The Balaban J connectivity index is 2.16. The molecule has 0 amide bonds. The van der Waals surface area contributed by atoms with Crippen LogP contribution in [0.2, 0.25) is 0 Å². The third-order valence-corrected chi connectivity index (χ3v) is 2.62. The van der Waals surface area contributed by atoms with Crippen LogP contribution in [-0.4, -0.2) is 32.0 Å². The first-order valence-corrected chi connectivity index (χ1v) is 5.22. The number of hydrogen-bond acceptors (Lipinski definition) is 4. The summed E-state index contributed by atoms with van der Waals surface area (Å²) in [6.45, 7) is 1.99. The van der Waals surface area contributed by atoms with Crippen LogP contribution in [0.4, 0.5) is 0 Å². The molecule has 0 aromatic carbocycles. The van der Waals surface area contributed by atoms with E-state index in [9.17, 15) is 0 Å². The molecule has 0 fully saturated rings. The highest BCUT2D eigenvalue weighted by atomic mass is 15.3. The van der Waals surface area contributed by atoms with E-state index in [0.717, 1.165) is 17.9 Å². The number of aryl methyl sites for hydroxylation is 2. The number of hydrogen-bond donors (Lipinski definition) is 2. The Labute approximate surface area is 94.1 Å². The van der Waals surface area contributed by atoms with Crippen LogP contribution in [0.15, 0.2) is 12.4 Å². The lowest BCUT2D eigenvalue weighted by Crippen LogP contribution is -2.21. The largest absolute Gasteiger partial charge is 0.310 e. The normalized spacial score (nSPS) is 12.9. The van der Waals surface area contributed by atoms with E-state index in [0.29, 0.717) is 0 Å². The molecule has 0 radical (unpaired) electrons. The summed E-state index contributed by atoms with van der Waals surface area (Å²) >= 11 is 0. The molecule has 2 N–H and O–H groups in total. The van der Waals surface area contributed by atoms with E-state index in [1.54, 1.807) is 0 Å². The van der Waals surface area contributed by atoms with Crippen molar-refractivity contribution in [2.24, 2.45) is 7.05 Å². The van der Waals surface area contributed by atoms with Crippen molar-refractivity contribution in [1.29, 1.82) is 0 Å². The average Bonchev–Trinajstić information content (AvgIpc) is 2.85. The topological polar surface area (TPSA) is 71.4 Å². The van der Waals surface area contributed by atoms with Gasteiger partial charge in [-0.1, -0.05) is 0 Å². The van der Waals surface area contributed by atoms with Crippen molar-refractivity contribution in [3.8, 4) is 0 Å². The zero-order valence-corrected chi connectivity index (χ0v) is 9.73. The maximum atomic E-state index is 4.32. The zero-order valence-electron chi connectivity index (χ0n) is 9.73. The monoisotopic (exact) mass is 220 g/mol. The van der Waals surface area contributed by atoms with Gasteiger partial charge in [0.25, 0.3) is 0 Å². The summed E-state index contributed by atoms with van der Waals surface area (Å²) in [5, 5.41) is 14.3. The fourth-order valence-electron chi connectivity index (χ4n) is 1.78. The summed E-state index contributed by atoms with van der Waals surface area (Å²) < 4.78 is 1.90. The third kappa shape index (κ3) is 2.11. The lowest BCUT2D eigenvalue weighted by Gasteiger charge is -2.12. The van der Waals surface area contributed by atoms with E-state index >= 15 is 0 Å². The number of nitrogens with one attached hydrogen (secondary N) is 2. The van der Waals surface area contributed by atoms with Crippen LogP contribution in [-0.2, 0) is 13.5 Å². The zero-order chi connectivity index (χ0) is 11.5. The maximum absolute atomic E-state index is 4.32. The van der Waals surface area contributed by atoms with Crippen molar-refractivity contribution >= 4 is 0 Å². The molecular weight excluding hydrogens is 204 g/mol. The number of nitrogens with zero attached hydrogens (tertiary/aromatic N) is 4. The lowest BCUT2D eigenvalue weighted by molar-refractivity contribution is 0.536. The molecule has 0 spiro atoms. The van der Waals surface area contributed by atoms with Crippen LogP contribution in [0.25, 0.3) is 0 Å². The highest BCUT2D eigenvalue weighted by Crippen LogP contribution is 2.14. The number of aromatic nitrogens is 5. The van der Waals surface area contributed by atoms with Gasteiger partial charge in [0.2, 0.25) is 0 Å². The predicted octanol–water partition coefficient (Wildman–Crippen LogP) is 0.350. The lowest BCUT2D eigenvalue weighted by atomic mass is 10.1. The summed E-state index contributed by atoms with van der Waals surface area (Å²) in [5.74, 6) is 0.848. The molecule has 0 saturated carbocycles. The highest BCUT2D eigenvalue weighted by Gasteiger charge is 2.15. The van der Waals surface area contributed by atoms with E-state index in [4.69, 9.17) is 0 Å². The molecule has 16 heavy (non-hydrogen) atoms. The molecule has 6 heteroatoms. The van der Waals surface area contributed by atoms with Gasteiger partial charge in [0, 0.05) is 19.2 Å². The fourth-order valence-corrected chi connectivity index (χ4v) is 1.78. The van der Waals surface area contributed by atoms with Crippen molar-refractivity contribution in [3.05, 3.63) is 29.6 Å². The van der Waals surface area contributed by atoms with E-state index in [2.05, 4.69) is 31.7 Å². The standard InChI is InChI=1S/C10H16N6/c1-7-4-8(16(3)15-7)5-9(11-2)10-12-6-13-14-10/h4,6,9,11H,5H2,1-3H3,(H,12,13,14). The average molecular weight is 220 g/mol. The van der Waals surface area contributed by atoms with Crippen molar-refractivity contribution in [2.75, 3.05) is 7.05 Å². The molecule has 0 bridgehead atoms. The second kappa shape index (κ2) is 4.44. The Morgan fingerprint density at radius 1 is 1.56 bits per heavy atom. The van der Waals surface area contributed by atoms with E-state index in [1.165, 1.54) is 12.0 Å². The van der Waals surface area contributed by atoms with Gasteiger partial charge >= 0.3 is 0 Å². The second-order valence-electron chi connectivity index (χ2n) is 3.82. The van der Waals surface area contributed by atoms with Gasteiger partial charge in [-0.05, 0) is 20.0 Å². The van der Waals surface area contributed by atoms with Crippen LogP contribution in [0.1, 0.15) is 23.3 Å². The molecule has 6 nitrogen and oxygen atoms in total. The van der Waals surface area contributed by atoms with E-state index < -0.39 is 0 Å². The summed E-state index contributed by atoms with van der Waals surface area (Å²) in [5.41, 5.74) is 2.21. The minimum atomic E-state index is 0.136. The number of rotatable bonds is 4. The van der Waals surface area contributed by atoms with Crippen molar-refractivity contribution < 1.29 is 0 Å². The first-order valence-electron chi connectivity index (χ1n) is 5.22. The van der Waals surface area contributed by atoms with Crippen LogP contribution in [0.5, 0.6) is 0 Å². The van der Waals surface area contributed by atoms with Crippen LogP contribution < -0.4 is 5.32 Å². The Bertz CT molecular complexity index is 444. The molecule has 0 aliphatic carbocycles. The summed E-state index contributed by atoms with van der Waals surface area (Å²) in [6.07, 6.45) is 2.36. The van der Waals surface area contributed by atoms with Crippen molar-refractivity contribution in [1.82, 2.24) is 30.3 Å². The SMILES string of the molecule is CNC(Cc1cc(C)nn1C)c1ncn[nH]1. The van der Waals surface area contributed by atoms with Crippen LogP contribution in [0.3, 0.4) is 0 Å². The van der Waals surface area contributed by atoms with Crippen LogP contribution in [0, 0.1) is 6.92 Å². The quantitative estimate of drug-likeness (QED) is 0.780. The molecule has 86 valence electrons. The molecule has 2 aromatic rings. The second-order valence-corrected chi connectivity index (χ2v) is 3.82. The Kier molecular flexibility index (Phi) is 3.00. The van der Waals surface area contributed by atoms with Crippen molar-refractivity contribution in [3.63, 3.8) is 0 Å². The molecule has 0 aliphatic heterocycles. The Morgan fingerprint density at radius 3 is 2.88 bits per heavy atom.